The molecular weight excluding hydrogens is 307 g/mol. The van der Waals surface area contributed by atoms with Crippen LogP contribution in [0.3, 0.4) is 0 Å². The lowest BCUT2D eigenvalue weighted by Gasteiger charge is -2.35. The Balaban J connectivity index is 1.67. The van der Waals surface area contributed by atoms with Crippen LogP contribution in [0.2, 0.25) is 5.02 Å². The molecule has 0 atom stereocenters. The van der Waals surface area contributed by atoms with Crippen molar-refractivity contribution in [2.45, 2.75) is 0 Å². The van der Waals surface area contributed by atoms with Gasteiger partial charge in [-0.1, -0.05) is 11.6 Å². The van der Waals surface area contributed by atoms with E-state index in [-0.39, 0.29) is 10.9 Å². The normalized spacial score (nSPS) is 15.0. The zero-order chi connectivity index (χ0) is 15.5. The predicted octanol–water partition coefficient (Wildman–Crippen LogP) is 2.23. The molecule has 3 rings (SSSR count). The second-order valence-electron chi connectivity index (χ2n) is 4.99. The molecule has 0 spiro atoms. The minimum absolute atomic E-state index is 0.140. The van der Waals surface area contributed by atoms with E-state index in [0.717, 1.165) is 11.9 Å². The van der Waals surface area contributed by atoms with Crippen molar-refractivity contribution in [2.24, 2.45) is 0 Å². The zero-order valence-corrected chi connectivity index (χ0v) is 12.5. The van der Waals surface area contributed by atoms with Crippen molar-refractivity contribution in [3.63, 3.8) is 0 Å². The summed E-state index contributed by atoms with van der Waals surface area (Å²) in [6, 6.07) is 7.55. The van der Waals surface area contributed by atoms with E-state index in [0.29, 0.717) is 31.7 Å². The topological polar surface area (TPSA) is 49.3 Å². The minimum Gasteiger partial charge on any atom is -0.352 e. The largest absolute Gasteiger partial charge is 0.352 e. The highest BCUT2D eigenvalue weighted by molar-refractivity contribution is 6.33. The molecule has 1 aromatic heterocycles. The maximum Gasteiger partial charge on any atom is 0.255 e. The van der Waals surface area contributed by atoms with Crippen molar-refractivity contribution in [2.75, 3.05) is 31.1 Å². The van der Waals surface area contributed by atoms with Crippen molar-refractivity contribution in [3.8, 4) is 0 Å². The number of benzene rings is 1. The van der Waals surface area contributed by atoms with Gasteiger partial charge in [-0.3, -0.25) is 4.79 Å². The second kappa shape index (κ2) is 6.27. The van der Waals surface area contributed by atoms with Gasteiger partial charge >= 0.3 is 0 Å². The van der Waals surface area contributed by atoms with Gasteiger partial charge in [0.25, 0.3) is 5.91 Å². The van der Waals surface area contributed by atoms with Crippen LogP contribution in [0.1, 0.15) is 10.4 Å². The second-order valence-corrected chi connectivity index (χ2v) is 5.39. The Hall–Kier alpha value is -2.21. The number of carbonyl (C=O) groups excluding carboxylic acids is 1. The van der Waals surface area contributed by atoms with Gasteiger partial charge in [0.15, 0.2) is 5.82 Å². The number of aromatic nitrogens is 2. The SMILES string of the molecule is O=C(c1ccc(F)cc1Cl)N1CCN(c2cccnn2)CC1. The minimum atomic E-state index is -0.450. The highest BCUT2D eigenvalue weighted by atomic mass is 35.5. The number of halogens is 2. The summed E-state index contributed by atoms with van der Waals surface area (Å²) in [5.74, 6) is 0.173. The lowest BCUT2D eigenvalue weighted by Crippen LogP contribution is -2.49. The van der Waals surface area contributed by atoms with Crippen LogP contribution >= 0.6 is 11.6 Å². The van der Waals surface area contributed by atoms with E-state index in [9.17, 15) is 9.18 Å². The molecule has 1 aromatic carbocycles. The van der Waals surface area contributed by atoms with E-state index in [2.05, 4.69) is 15.1 Å². The average Bonchev–Trinajstić information content (AvgIpc) is 2.55. The summed E-state index contributed by atoms with van der Waals surface area (Å²) >= 11 is 5.95. The molecule has 0 radical (unpaired) electrons. The van der Waals surface area contributed by atoms with E-state index in [1.165, 1.54) is 12.1 Å². The Labute approximate surface area is 132 Å². The molecule has 114 valence electrons. The van der Waals surface area contributed by atoms with Crippen LogP contribution in [0.4, 0.5) is 10.2 Å². The van der Waals surface area contributed by atoms with E-state index < -0.39 is 5.82 Å². The third kappa shape index (κ3) is 3.01. The van der Waals surface area contributed by atoms with E-state index in [1.807, 2.05) is 12.1 Å². The van der Waals surface area contributed by atoms with Gasteiger partial charge < -0.3 is 9.80 Å². The Kier molecular flexibility index (Phi) is 4.20. The highest BCUT2D eigenvalue weighted by Crippen LogP contribution is 2.20. The van der Waals surface area contributed by atoms with Crippen LogP contribution in [0.15, 0.2) is 36.5 Å². The molecule has 1 amide bonds. The fourth-order valence-electron chi connectivity index (χ4n) is 2.43. The molecule has 1 saturated heterocycles. The molecule has 5 nitrogen and oxygen atoms in total. The molecular formula is C15H14ClFN4O. The number of rotatable bonds is 2. The fraction of sp³-hybridized carbons (Fsp3) is 0.267. The van der Waals surface area contributed by atoms with Gasteiger partial charge in [0.1, 0.15) is 5.82 Å². The zero-order valence-electron chi connectivity index (χ0n) is 11.7. The molecule has 22 heavy (non-hydrogen) atoms. The lowest BCUT2D eigenvalue weighted by molar-refractivity contribution is 0.0746. The molecule has 7 heteroatoms. The number of hydrogen-bond acceptors (Lipinski definition) is 4. The molecule has 1 aliphatic heterocycles. The van der Waals surface area contributed by atoms with Crippen LogP contribution in [-0.4, -0.2) is 47.2 Å². The molecule has 2 aromatic rings. The van der Waals surface area contributed by atoms with Gasteiger partial charge in [-0.15, -0.1) is 5.10 Å². The van der Waals surface area contributed by atoms with E-state index in [1.54, 1.807) is 11.1 Å². The molecule has 1 fully saturated rings. The molecule has 0 aliphatic carbocycles. The highest BCUT2D eigenvalue weighted by Gasteiger charge is 2.24. The Morgan fingerprint density at radius 2 is 1.95 bits per heavy atom. The summed E-state index contributed by atoms with van der Waals surface area (Å²) in [6.45, 7) is 2.46. The first kappa shape index (κ1) is 14.7. The molecule has 0 unspecified atom stereocenters. The Bertz CT molecular complexity index is 674. The summed E-state index contributed by atoms with van der Waals surface area (Å²) in [6.07, 6.45) is 1.62. The average molecular weight is 321 g/mol. The first-order chi connectivity index (χ1) is 10.6. The van der Waals surface area contributed by atoms with Crippen molar-refractivity contribution in [1.29, 1.82) is 0 Å². The van der Waals surface area contributed by atoms with Crippen LogP contribution < -0.4 is 4.90 Å². The first-order valence-electron chi connectivity index (χ1n) is 6.92. The van der Waals surface area contributed by atoms with Gasteiger partial charge in [-0.2, -0.15) is 5.10 Å². The summed E-state index contributed by atoms with van der Waals surface area (Å²) in [7, 11) is 0. The number of amides is 1. The molecule has 1 aliphatic rings. The summed E-state index contributed by atoms with van der Waals surface area (Å²) in [4.78, 5) is 16.2. The van der Waals surface area contributed by atoms with E-state index in [4.69, 9.17) is 11.6 Å². The van der Waals surface area contributed by atoms with Gasteiger partial charge in [-0.05, 0) is 30.3 Å². The van der Waals surface area contributed by atoms with Gasteiger partial charge in [0.05, 0.1) is 10.6 Å². The van der Waals surface area contributed by atoms with Crippen LogP contribution in [0.25, 0.3) is 0 Å². The Morgan fingerprint density at radius 1 is 1.18 bits per heavy atom. The van der Waals surface area contributed by atoms with Gasteiger partial charge in [0.2, 0.25) is 0 Å². The van der Waals surface area contributed by atoms with Crippen LogP contribution in [-0.2, 0) is 0 Å². The third-order valence-electron chi connectivity index (χ3n) is 3.61. The molecule has 0 bridgehead atoms. The predicted molar refractivity (Wildman–Crippen MR) is 81.6 cm³/mol. The first-order valence-corrected chi connectivity index (χ1v) is 7.30. The van der Waals surface area contributed by atoms with Crippen molar-refractivity contribution >= 4 is 23.3 Å². The van der Waals surface area contributed by atoms with Gasteiger partial charge in [0, 0.05) is 32.4 Å². The van der Waals surface area contributed by atoms with Crippen molar-refractivity contribution in [3.05, 3.63) is 52.9 Å². The maximum absolute atomic E-state index is 13.1. The summed E-state index contributed by atoms with van der Waals surface area (Å²) in [5.41, 5.74) is 0.330. The summed E-state index contributed by atoms with van der Waals surface area (Å²) < 4.78 is 13.1. The molecule has 2 heterocycles. The van der Waals surface area contributed by atoms with Crippen LogP contribution in [0, 0.1) is 5.82 Å². The standard InChI is InChI=1S/C15H14ClFN4O/c16-13-10-11(17)3-4-12(13)15(22)21-8-6-20(7-9-21)14-2-1-5-18-19-14/h1-5,10H,6-9H2. The summed E-state index contributed by atoms with van der Waals surface area (Å²) in [5, 5.41) is 8.06. The number of hydrogen-bond donors (Lipinski definition) is 0. The maximum atomic E-state index is 13.1. The third-order valence-corrected chi connectivity index (χ3v) is 3.92. The van der Waals surface area contributed by atoms with Crippen molar-refractivity contribution < 1.29 is 9.18 Å². The van der Waals surface area contributed by atoms with Crippen molar-refractivity contribution in [1.82, 2.24) is 15.1 Å². The van der Waals surface area contributed by atoms with E-state index >= 15 is 0 Å². The Morgan fingerprint density at radius 3 is 2.59 bits per heavy atom. The number of piperazine rings is 1. The quantitative estimate of drug-likeness (QED) is 0.851. The number of carbonyl (C=O) groups is 1. The van der Waals surface area contributed by atoms with Gasteiger partial charge in [-0.25, -0.2) is 4.39 Å². The smallest absolute Gasteiger partial charge is 0.255 e. The van der Waals surface area contributed by atoms with Crippen LogP contribution in [0.5, 0.6) is 0 Å². The molecule has 0 N–H and O–H groups in total. The number of anilines is 1. The monoisotopic (exact) mass is 320 g/mol. The lowest BCUT2D eigenvalue weighted by atomic mass is 10.1. The number of nitrogens with zero attached hydrogens (tertiary/aromatic N) is 4. The molecule has 0 saturated carbocycles. The fourth-order valence-corrected chi connectivity index (χ4v) is 2.68.